The topological polar surface area (TPSA) is 69.6 Å². The van der Waals surface area contributed by atoms with Crippen molar-refractivity contribution in [1.29, 1.82) is 0 Å². The molecule has 0 spiro atoms. The summed E-state index contributed by atoms with van der Waals surface area (Å²) in [6.07, 6.45) is 2.15. The van der Waals surface area contributed by atoms with Gasteiger partial charge < -0.3 is 10.4 Å². The van der Waals surface area contributed by atoms with Crippen LogP contribution in [-0.4, -0.2) is 47.1 Å². The third-order valence-electron chi connectivity index (χ3n) is 4.17. The summed E-state index contributed by atoms with van der Waals surface area (Å²) in [6.45, 7) is 9.93. The molecule has 5 heteroatoms. The van der Waals surface area contributed by atoms with Crippen molar-refractivity contribution >= 4 is 11.9 Å². The molecule has 2 unspecified atom stereocenters. The summed E-state index contributed by atoms with van der Waals surface area (Å²) in [7, 11) is 0. The van der Waals surface area contributed by atoms with Gasteiger partial charge in [-0.3, -0.25) is 14.5 Å². The van der Waals surface area contributed by atoms with Crippen LogP contribution in [-0.2, 0) is 9.59 Å². The Bertz CT molecular complexity index is 334. The van der Waals surface area contributed by atoms with Gasteiger partial charge in [0, 0.05) is 25.2 Å². The first kappa shape index (κ1) is 17.0. The summed E-state index contributed by atoms with van der Waals surface area (Å²) in [4.78, 5) is 25.5. The number of hydrogen-bond donors (Lipinski definition) is 2. The lowest BCUT2D eigenvalue weighted by Gasteiger charge is -2.30. The molecular weight excluding hydrogens is 256 g/mol. The van der Waals surface area contributed by atoms with Crippen molar-refractivity contribution < 1.29 is 14.7 Å². The van der Waals surface area contributed by atoms with Crippen LogP contribution >= 0.6 is 0 Å². The molecule has 116 valence electrons. The van der Waals surface area contributed by atoms with Crippen LogP contribution in [0.1, 0.15) is 47.0 Å². The van der Waals surface area contributed by atoms with E-state index in [1.807, 2.05) is 0 Å². The maximum absolute atomic E-state index is 12.1. The minimum Gasteiger partial charge on any atom is -0.481 e. The molecule has 0 aliphatic heterocycles. The van der Waals surface area contributed by atoms with Crippen molar-refractivity contribution in [3.05, 3.63) is 0 Å². The molecule has 1 rings (SSSR count). The van der Waals surface area contributed by atoms with Gasteiger partial charge in [-0.1, -0.05) is 6.42 Å². The molecule has 0 radical (unpaired) electrons. The fraction of sp³-hybridized carbons (Fsp3) is 0.867. The summed E-state index contributed by atoms with van der Waals surface area (Å²) in [6, 6.07) is 0.871. The number of nitrogens with zero attached hydrogens (tertiary/aromatic N) is 1. The van der Waals surface area contributed by atoms with Crippen LogP contribution in [0.4, 0.5) is 0 Å². The molecule has 5 nitrogen and oxygen atoms in total. The molecule has 0 bridgehead atoms. The highest BCUT2D eigenvalue weighted by Gasteiger charge is 2.37. The van der Waals surface area contributed by atoms with E-state index >= 15 is 0 Å². The Morgan fingerprint density at radius 3 is 2.20 bits per heavy atom. The third-order valence-corrected chi connectivity index (χ3v) is 4.17. The normalized spacial score (nSPS) is 22.8. The highest BCUT2D eigenvalue weighted by Crippen LogP contribution is 2.31. The largest absolute Gasteiger partial charge is 0.481 e. The average Bonchev–Trinajstić information content (AvgIpc) is 2.82. The molecule has 0 aromatic rings. The second-order valence-corrected chi connectivity index (χ2v) is 6.20. The molecule has 2 atom stereocenters. The molecule has 1 fully saturated rings. The number of carbonyl (C=O) groups is 2. The number of aliphatic carboxylic acids is 1. The van der Waals surface area contributed by atoms with Crippen LogP contribution in [0.15, 0.2) is 0 Å². The van der Waals surface area contributed by atoms with Gasteiger partial charge in [0.2, 0.25) is 5.91 Å². The van der Waals surface area contributed by atoms with Gasteiger partial charge in [0.15, 0.2) is 0 Å². The Morgan fingerprint density at radius 1 is 1.15 bits per heavy atom. The number of amides is 1. The van der Waals surface area contributed by atoms with Crippen LogP contribution in [0.5, 0.6) is 0 Å². The quantitative estimate of drug-likeness (QED) is 0.747. The average molecular weight is 284 g/mol. The van der Waals surface area contributed by atoms with E-state index in [0.29, 0.717) is 31.5 Å². The lowest BCUT2D eigenvalue weighted by Crippen LogP contribution is -2.44. The maximum atomic E-state index is 12.1. The van der Waals surface area contributed by atoms with E-state index in [1.54, 1.807) is 0 Å². The summed E-state index contributed by atoms with van der Waals surface area (Å²) >= 11 is 0. The van der Waals surface area contributed by atoms with Crippen molar-refractivity contribution in [2.24, 2.45) is 11.8 Å². The first-order valence-corrected chi connectivity index (χ1v) is 7.60. The number of carboxylic acid groups (broad SMARTS) is 1. The first-order valence-electron chi connectivity index (χ1n) is 7.60. The lowest BCUT2D eigenvalue weighted by atomic mass is 9.95. The summed E-state index contributed by atoms with van der Waals surface area (Å²) in [5, 5.41) is 12.0. The SMILES string of the molecule is CC(C)N(CCNC(=O)C1CCCC1C(=O)O)C(C)C. The van der Waals surface area contributed by atoms with Crippen LogP contribution in [0.3, 0.4) is 0 Å². The number of nitrogens with one attached hydrogen (secondary N) is 1. The smallest absolute Gasteiger partial charge is 0.307 e. The maximum Gasteiger partial charge on any atom is 0.307 e. The summed E-state index contributed by atoms with van der Waals surface area (Å²) < 4.78 is 0. The molecule has 1 aliphatic rings. The van der Waals surface area contributed by atoms with Crippen LogP contribution < -0.4 is 5.32 Å². The minimum atomic E-state index is -0.839. The van der Waals surface area contributed by atoms with Crippen molar-refractivity contribution in [1.82, 2.24) is 10.2 Å². The standard InChI is InChI=1S/C15H28N2O3/c1-10(2)17(11(3)4)9-8-16-14(18)12-6-5-7-13(12)15(19)20/h10-13H,5-9H2,1-4H3,(H,16,18)(H,19,20). The van der Waals surface area contributed by atoms with Gasteiger partial charge in [0.25, 0.3) is 0 Å². The number of carbonyl (C=O) groups excluding carboxylic acids is 1. The second-order valence-electron chi connectivity index (χ2n) is 6.20. The highest BCUT2D eigenvalue weighted by atomic mass is 16.4. The van der Waals surface area contributed by atoms with E-state index < -0.39 is 11.9 Å². The summed E-state index contributed by atoms with van der Waals surface area (Å²) in [5.74, 6) is -1.78. The van der Waals surface area contributed by atoms with E-state index in [1.165, 1.54) is 0 Å². The van der Waals surface area contributed by atoms with E-state index in [9.17, 15) is 9.59 Å². The Hall–Kier alpha value is -1.10. The Morgan fingerprint density at radius 2 is 1.70 bits per heavy atom. The molecule has 0 aromatic carbocycles. The lowest BCUT2D eigenvalue weighted by molar-refractivity contribution is -0.146. The zero-order chi connectivity index (χ0) is 15.3. The Balaban J connectivity index is 2.41. The van der Waals surface area contributed by atoms with Crippen molar-refractivity contribution in [3.63, 3.8) is 0 Å². The molecule has 1 amide bonds. The van der Waals surface area contributed by atoms with Crippen LogP contribution in [0.2, 0.25) is 0 Å². The monoisotopic (exact) mass is 284 g/mol. The molecule has 0 aromatic heterocycles. The van der Waals surface area contributed by atoms with Crippen LogP contribution in [0.25, 0.3) is 0 Å². The van der Waals surface area contributed by atoms with Crippen molar-refractivity contribution in [3.8, 4) is 0 Å². The van der Waals surface area contributed by atoms with Gasteiger partial charge >= 0.3 is 5.97 Å². The van der Waals surface area contributed by atoms with E-state index in [0.717, 1.165) is 13.0 Å². The predicted octanol–water partition coefficient (Wildman–Crippen LogP) is 1.72. The van der Waals surface area contributed by atoms with Gasteiger partial charge in [-0.15, -0.1) is 0 Å². The Kier molecular flexibility index (Phi) is 6.46. The van der Waals surface area contributed by atoms with Gasteiger partial charge in [0.05, 0.1) is 11.8 Å². The molecule has 0 heterocycles. The highest BCUT2D eigenvalue weighted by molar-refractivity contribution is 5.85. The van der Waals surface area contributed by atoms with E-state index in [2.05, 4.69) is 37.9 Å². The van der Waals surface area contributed by atoms with Crippen molar-refractivity contribution in [2.75, 3.05) is 13.1 Å². The molecule has 1 saturated carbocycles. The zero-order valence-electron chi connectivity index (χ0n) is 13.1. The molecule has 20 heavy (non-hydrogen) atoms. The third kappa shape index (κ3) is 4.47. The molecule has 0 saturated heterocycles. The van der Waals surface area contributed by atoms with Crippen molar-refractivity contribution in [2.45, 2.75) is 59.0 Å². The van der Waals surface area contributed by atoms with E-state index in [-0.39, 0.29) is 11.8 Å². The summed E-state index contributed by atoms with van der Waals surface area (Å²) in [5.41, 5.74) is 0. The first-order chi connectivity index (χ1) is 9.34. The molecule has 1 aliphatic carbocycles. The van der Waals surface area contributed by atoms with Gasteiger partial charge in [-0.25, -0.2) is 0 Å². The number of carboxylic acids is 1. The number of hydrogen-bond acceptors (Lipinski definition) is 3. The predicted molar refractivity (Wildman–Crippen MR) is 78.5 cm³/mol. The minimum absolute atomic E-state index is 0.0950. The van der Waals surface area contributed by atoms with Crippen LogP contribution in [0, 0.1) is 11.8 Å². The van der Waals surface area contributed by atoms with Gasteiger partial charge in [0.1, 0.15) is 0 Å². The molecular formula is C15H28N2O3. The van der Waals surface area contributed by atoms with Gasteiger partial charge in [-0.05, 0) is 40.5 Å². The number of rotatable bonds is 7. The fourth-order valence-electron chi connectivity index (χ4n) is 3.12. The van der Waals surface area contributed by atoms with E-state index in [4.69, 9.17) is 5.11 Å². The Labute approximate surface area is 121 Å². The molecule has 2 N–H and O–H groups in total. The second kappa shape index (κ2) is 7.62. The fourth-order valence-corrected chi connectivity index (χ4v) is 3.12. The van der Waals surface area contributed by atoms with Gasteiger partial charge in [-0.2, -0.15) is 0 Å². The zero-order valence-corrected chi connectivity index (χ0v) is 13.1.